The molecule has 4 rings (SSSR count). The van der Waals surface area contributed by atoms with Crippen molar-refractivity contribution in [3.05, 3.63) is 108 Å². The molecule has 0 unspecified atom stereocenters. The Kier molecular flexibility index (Phi) is 18.6. The number of benzene rings is 2. The van der Waals surface area contributed by atoms with Crippen LogP contribution in [0.2, 0.25) is 26.2 Å². The van der Waals surface area contributed by atoms with Gasteiger partial charge in [-0.1, -0.05) is 86.9 Å². The fourth-order valence-electron chi connectivity index (χ4n) is 2.46. The molecule has 0 saturated heterocycles. The molecule has 0 N–H and O–H groups in total. The number of halogens is 2. The Morgan fingerprint density at radius 2 is 1.00 bits per heavy atom. The molecule has 0 bridgehead atoms. The molecule has 0 saturated carbocycles. The standard InChI is InChI=1S/2C11H9.C4H14Si2.2ClH.Hf/c2*1-2-6-10(7-3-1)11-8-4-5-9-11;1-5-6(2,3)4;;;/h2*1-3,6-9H,4H2;5H2,1-4H3;2*1H;/q2*-1;;;;+4/p-2. The molecule has 0 radical (unpaired) electrons. The summed E-state index contributed by atoms with van der Waals surface area (Å²) in [5.74, 6) is 0. The Labute approximate surface area is 224 Å². The molecule has 2 aromatic carbocycles. The summed E-state index contributed by atoms with van der Waals surface area (Å²) >= 11 is 0. The SMILES string of the molecule is C[SiH2][Si](C)(C)C.[C-]1=CC(c2ccccc2)=CC1.[C-]1=CC(c2ccccc2)=CC1.[Cl-].[Cl-].[Hf+4]. The van der Waals surface area contributed by atoms with Crippen molar-refractivity contribution in [3.8, 4) is 0 Å². The van der Waals surface area contributed by atoms with Gasteiger partial charge in [-0.05, 0) is 0 Å². The minimum Gasteiger partial charge on any atom is -1.00 e. The monoisotopic (exact) mass is 650 g/mol. The summed E-state index contributed by atoms with van der Waals surface area (Å²) in [6.45, 7) is 9.74. The molecule has 0 nitrogen and oxygen atoms in total. The zero-order valence-electron chi connectivity index (χ0n) is 19.0. The van der Waals surface area contributed by atoms with Crippen LogP contribution in [-0.2, 0) is 25.8 Å². The molecule has 0 fully saturated rings. The zero-order valence-corrected chi connectivity index (χ0v) is 26.5. The van der Waals surface area contributed by atoms with E-state index in [0.29, 0.717) is 9.04 Å². The van der Waals surface area contributed by atoms with E-state index in [2.05, 4.69) is 111 Å². The smallest absolute Gasteiger partial charge is 1.00 e. The Balaban J connectivity index is 0. The average Bonchev–Trinajstić information content (AvgIpc) is 3.44. The summed E-state index contributed by atoms with van der Waals surface area (Å²) in [4.78, 5) is 0. The molecule has 0 atom stereocenters. The second kappa shape index (κ2) is 17.8. The van der Waals surface area contributed by atoms with Crippen molar-refractivity contribution in [1.29, 1.82) is 0 Å². The van der Waals surface area contributed by atoms with Crippen LogP contribution in [0.3, 0.4) is 0 Å². The fourth-order valence-corrected chi connectivity index (χ4v) is 2.46. The first-order chi connectivity index (χ1) is 13.5. The third kappa shape index (κ3) is 13.4. The van der Waals surface area contributed by atoms with E-state index in [0.717, 1.165) is 12.8 Å². The molecule has 0 spiro atoms. The Morgan fingerprint density at radius 3 is 1.23 bits per heavy atom. The van der Waals surface area contributed by atoms with Gasteiger partial charge in [-0.15, -0.1) is 24.0 Å². The van der Waals surface area contributed by atoms with Crippen LogP contribution in [0.1, 0.15) is 24.0 Å². The molecular formula is C26H32Cl2HfSi2. The number of rotatable bonds is 3. The first kappa shape index (κ1) is 32.5. The largest absolute Gasteiger partial charge is 4.00 e. The van der Waals surface area contributed by atoms with E-state index in [4.69, 9.17) is 0 Å². The number of allylic oxidation sites excluding steroid dienone is 8. The van der Waals surface area contributed by atoms with E-state index < -0.39 is 7.59 Å². The maximum atomic E-state index is 3.15. The van der Waals surface area contributed by atoms with Crippen molar-refractivity contribution < 1.29 is 50.7 Å². The molecule has 31 heavy (non-hydrogen) atoms. The van der Waals surface area contributed by atoms with Gasteiger partial charge in [0.25, 0.3) is 0 Å². The third-order valence-corrected chi connectivity index (χ3v) is 13.2. The Morgan fingerprint density at radius 1 is 0.677 bits per heavy atom. The maximum absolute atomic E-state index is 3.15. The normalized spacial score (nSPS) is 13.4. The van der Waals surface area contributed by atoms with Gasteiger partial charge >= 0.3 is 25.8 Å². The van der Waals surface area contributed by atoms with Crippen molar-refractivity contribution in [1.82, 2.24) is 0 Å². The molecule has 5 heteroatoms. The van der Waals surface area contributed by atoms with Gasteiger partial charge in [0.1, 0.15) is 0 Å². The quantitative estimate of drug-likeness (QED) is 0.340. The minimum atomic E-state index is -0.492. The van der Waals surface area contributed by atoms with E-state index in [1.807, 2.05) is 12.1 Å². The summed E-state index contributed by atoms with van der Waals surface area (Å²) in [6, 6.07) is 20.8. The first-order valence-corrected chi connectivity index (χ1v) is 17.4. The van der Waals surface area contributed by atoms with Crippen LogP contribution >= 0.6 is 0 Å². The molecule has 2 aliphatic carbocycles. The molecule has 0 heterocycles. The third-order valence-electron chi connectivity index (χ3n) is 4.67. The van der Waals surface area contributed by atoms with E-state index in [9.17, 15) is 0 Å². The van der Waals surface area contributed by atoms with Crippen LogP contribution in [-0.4, -0.2) is 16.6 Å². The van der Waals surface area contributed by atoms with Crippen molar-refractivity contribution in [2.24, 2.45) is 0 Å². The predicted molar refractivity (Wildman–Crippen MR) is 131 cm³/mol. The molecule has 0 aromatic heterocycles. The zero-order chi connectivity index (χ0) is 20.2. The number of hydrogen-bond donors (Lipinski definition) is 0. The van der Waals surface area contributed by atoms with Crippen molar-refractivity contribution >= 4 is 27.8 Å². The summed E-state index contributed by atoms with van der Waals surface area (Å²) in [5, 5.41) is 0. The molecule has 0 amide bonds. The Bertz CT molecular complexity index is 771. The molecule has 0 aliphatic heterocycles. The van der Waals surface area contributed by atoms with Crippen LogP contribution in [0.25, 0.3) is 11.1 Å². The van der Waals surface area contributed by atoms with Crippen molar-refractivity contribution in [2.75, 3.05) is 0 Å². The number of hydrogen-bond acceptors (Lipinski definition) is 0. The van der Waals surface area contributed by atoms with Crippen molar-refractivity contribution in [3.63, 3.8) is 0 Å². The van der Waals surface area contributed by atoms with Gasteiger partial charge in [-0.2, -0.15) is 23.3 Å². The molecule has 2 aromatic rings. The van der Waals surface area contributed by atoms with E-state index >= 15 is 0 Å². The first-order valence-electron chi connectivity index (χ1n) is 10.1. The van der Waals surface area contributed by atoms with Crippen molar-refractivity contribution in [2.45, 2.75) is 39.0 Å². The predicted octanol–water partition coefficient (Wildman–Crippen LogP) is 0.710. The van der Waals surface area contributed by atoms with E-state index in [1.54, 1.807) is 0 Å². The van der Waals surface area contributed by atoms with Gasteiger partial charge in [-0.25, -0.2) is 12.2 Å². The Hall–Kier alpha value is -0.716. The minimum absolute atomic E-state index is 0. The van der Waals surface area contributed by atoms with Crippen LogP contribution < -0.4 is 24.8 Å². The topological polar surface area (TPSA) is 0 Å². The van der Waals surface area contributed by atoms with Gasteiger partial charge in [-0.3, -0.25) is 12.2 Å². The summed E-state index contributed by atoms with van der Waals surface area (Å²) < 4.78 is 0. The fraction of sp³-hybridized carbons (Fsp3) is 0.231. The van der Waals surface area contributed by atoms with E-state index in [-0.39, 0.29) is 50.7 Å². The molecule has 162 valence electrons. The van der Waals surface area contributed by atoms with Crippen LogP contribution in [0.15, 0.2) is 85.0 Å². The second-order valence-electron chi connectivity index (χ2n) is 8.07. The second-order valence-corrected chi connectivity index (χ2v) is 22.4. The van der Waals surface area contributed by atoms with Gasteiger partial charge in [0.05, 0.1) is 0 Å². The molecular weight excluding hydrogens is 618 g/mol. The van der Waals surface area contributed by atoms with Gasteiger partial charge in [0.15, 0.2) is 0 Å². The van der Waals surface area contributed by atoms with Crippen LogP contribution in [0.5, 0.6) is 0 Å². The molecule has 2 aliphatic rings. The van der Waals surface area contributed by atoms with E-state index in [1.165, 1.54) is 22.3 Å². The van der Waals surface area contributed by atoms with Gasteiger partial charge in [0, 0.05) is 16.6 Å². The van der Waals surface area contributed by atoms with Crippen LogP contribution in [0.4, 0.5) is 0 Å². The maximum Gasteiger partial charge on any atom is 4.00 e. The summed E-state index contributed by atoms with van der Waals surface area (Å²) in [6.07, 6.45) is 16.7. The van der Waals surface area contributed by atoms with Gasteiger partial charge in [0.2, 0.25) is 0 Å². The average molecular weight is 650 g/mol. The summed E-state index contributed by atoms with van der Waals surface area (Å²) in [5.41, 5.74) is 5.17. The summed E-state index contributed by atoms with van der Waals surface area (Å²) in [7, 11) is -0.101. The van der Waals surface area contributed by atoms with Gasteiger partial charge < -0.3 is 24.8 Å². The van der Waals surface area contributed by atoms with Crippen LogP contribution in [0, 0.1) is 12.2 Å².